The summed E-state index contributed by atoms with van der Waals surface area (Å²) < 4.78 is 0. The molecular weight excluding hydrogens is 296 g/mol. The molecule has 3 rings (SSSR count). The zero-order chi connectivity index (χ0) is 17.5. The lowest BCUT2D eigenvalue weighted by Crippen LogP contribution is -2.24. The summed E-state index contributed by atoms with van der Waals surface area (Å²) in [5.41, 5.74) is 4.88. The lowest BCUT2D eigenvalue weighted by atomic mass is 9.73. The molecule has 2 N–H and O–H groups in total. The molecule has 24 heavy (non-hydrogen) atoms. The van der Waals surface area contributed by atoms with E-state index in [-0.39, 0.29) is 10.8 Å². The molecule has 0 saturated carbocycles. The van der Waals surface area contributed by atoms with E-state index in [1.165, 1.54) is 16.7 Å². The van der Waals surface area contributed by atoms with Gasteiger partial charge in [-0.15, -0.1) is 0 Å². The number of fused-ring (bicyclic) bond motifs is 1. The number of benzene rings is 2. The normalized spacial score (nSPS) is 21.7. The predicted octanol–water partition coefficient (Wildman–Crippen LogP) is 5.43. The fourth-order valence-electron chi connectivity index (χ4n) is 4.58. The smallest absolute Gasteiger partial charge is 0.119 e. The van der Waals surface area contributed by atoms with E-state index >= 15 is 0 Å². The minimum Gasteiger partial charge on any atom is -0.508 e. The summed E-state index contributed by atoms with van der Waals surface area (Å²) in [6, 6.07) is 11.5. The fourth-order valence-corrected chi connectivity index (χ4v) is 4.58. The fraction of sp³-hybridized carbons (Fsp3) is 0.455. The Kier molecular flexibility index (Phi) is 4.11. The maximum absolute atomic E-state index is 10.6. The monoisotopic (exact) mass is 324 g/mol. The van der Waals surface area contributed by atoms with Gasteiger partial charge in [-0.05, 0) is 65.1 Å². The number of phenols is 2. The molecular formula is C22H28O2. The van der Waals surface area contributed by atoms with Crippen LogP contribution in [-0.2, 0) is 17.3 Å². The molecule has 2 heteroatoms. The van der Waals surface area contributed by atoms with Crippen LogP contribution in [0.2, 0.25) is 0 Å². The van der Waals surface area contributed by atoms with Crippen LogP contribution in [0.5, 0.6) is 11.5 Å². The van der Waals surface area contributed by atoms with Crippen LogP contribution in [0.15, 0.2) is 36.4 Å². The van der Waals surface area contributed by atoms with Crippen molar-refractivity contribution < 1.29 is 10.2 Å². The van der Waals surface area contributed by atoms with Crippen molar-refractivity contribution in [3.8, 4) is 11.5 Å². The van der Waals surface area contributed by atoms with Gasteiger partial charge in [0.15, 0.2) is 0 Å². The predicted molar refractivity (Wildman–Crippen MR) is 98.9 cm³/mol. The molecule has 0 heterocycles. The highest BCUT2D eigenvalue weighted by Gasteiger charge is 2.47. The molecule has 128 valence electrons. The summed E-state index contributed by atoms with van der Waals surface area (Å²) in [5.74, 6) is 0.715. The van der Waals surface area contributed by atoms with Crippen LogP contribution in [-0.4, -0.2) is 10.2 Å². The van der Waals surface area contributed by atoms with Crippen molar-refractivity contribution in [1.82, 2.24) is 0 Å². The Morgan fingerprint density at radius 1 is 0.958 bits per heavy atom. The quantitative estimate of drug-likeness (QED) is 0.787. The van der Waals surface area contributed by atoms with Crippen molar-refractivity contribution in [2.24, 2.45) is 0 Å². The van der Waals surface area contributed by atoms with Crippen LogP contribution in [0.25, 0.3) is 0 Å². The van der Waals surface area contributed by atoms with E-state index in [4.69, 9.17) is 0 Å². The number of unbranched alkanes of at least 4 members (excludes halogenated alkanes) is 1. The molecule has 1 atom stereocenters. The number of aromatic hydroxyl groups is 2. The Hall–Kier alpha value is -1.96. The molecule has 1 aliphatic rings. The minimum atomic E-state index is -0.144. The topological polar surface area (TPSA) is 40.5 Å². The van der Waals surface area contributed by atoms with E-state index in [0.717, 1.165) is 31.2 Å². The van der Waals surface area contributed by atoms with Crippen molar-refractivity contribution in [1.29, 1.82) is 0 Å². The van der Waals surface area contributed by atoms with E-state index in [1.54, 1.807) is 12.1 Å². The summed E-state index contributed by atoms with van der Waals surface area (Å²) in [7, 11) is 0. The Morgan fingerprint density at radius 2 is 1.62 bits per heavy atom. The molecule has 0 spiro atoms. The maximum atomic E-state index is 10.6. The molecule has 2 nitrogen and oxygen atoms in total. The lowest BCUT2D eigenvalue weighted by molar-refractivity contribution is 0.421. The van der Waals surface area contributed by atoms with Crippen molar-refractivity contribution in [2.75, 3.05) is 0 Å². The molecule has 2 aromatic carbocycles. The van der Waals surface area contributed by atoms with Gasteiger partial charge in [0.05, 0.1) is 0 Å². The second-order valence-electron chi connectivity index (χ2n) is 8.03. The van der Waals surface area contributed by atoms with Gasteiger partial charge < -0.3 is 10.2 Å². The number of phenolic OH excluding ortho intramolecular Hbond substituents is 2. The zero-order valence-electron chi connectivity index (χ0n) is 15.2. The second kappa shape index (κ2) is 5.84. The van der Waals surface area contributed by atoms with E-state index < -0.39 is 0 Å². The first kappa shape index (κ1) is 16.9. The van der Waals surface area contributed by atoms with Crippen LogP contribution in [0.3, 0.4) is 0 Å². The van der Waals surface area contributed by atoms with Crippen molar-refractivity contribution in [3.63, 3.8) is 0 Å². The average molecular weight is 324 g/mol. The van der Waals surface area contributed by atoms with Gasteiger partial charge >= 0.3 is 0 Å². The van der Waals surface area contributed by atoms with Gasteiger partial charge in [-0.2, -0.15) is 0 Å². The summed E-state index contributed by atoms with van der Waals surface area (Å²) in [4.78, 5) is 0. The van der Waals surface area contributed by atoms with E-state index in [0.29, 0.717) is 11.5 Å². The van der Waals surface area contributed by atoms with E-state index in [1.807, 2.05) is 18.2 Å². The van der Waals surface area contributed by atoms with Gasteiger partial charge in [0.2, 0.25) is 0 Å². The molecule has 0 aromatic heterocycles. The average Bonchev–Trinajstić information content (AvgIpc) is 2.74. The summed E-state index contributed by atoms with van der Waals surface area (Å²) >= 11 is 0. The third-order valence-electron chi connectivity index (χ3n) is 5.65. The largest absolute Gasteiger partial charge is 0.508 e. The molecule has 2 aromatic rings. The van der Waals surface area contributed by atoms with Gasteiger partial charge in [-0.1, -0.05) is 52.3 Å². The van der Waals surface area contributed by atoms with Gasteiger partial charge in [0, 0.05) is 5.41 Å². The van der Waals surface area contributed by atoms with Crippen LogP contribution in [0, 0.1) is 0 Å². The number of hydrogen-bond acceptors (Lipinski definition) is 2. The highest BCUT2D eigenvalue weighted by atomic mass is 16.3. The van der Waals surface area contributed by atoms with Crippen molar-refractivity contribution >= 4 is 0 Å². The maximum Gasteiger partial charge on any atom is 0.119 e. The lowest BCUT2D eigenvalue weighted by Gasteiger charge is -2.30. The summed E-state index contributed by atoms with van der Waals surface area (Å²) in [6.45, 7) is 9.04. The molecule has 0 radical (unpaired) electrons. The molecule has 1 unspecified atom stereocenters. The zero-order valence-corrected chi connectivity index (χ0v) is 15.2. The third-order valence-corrected chi connectivity index (χ3v) is 5.65. The highest BCUT2D eigenvalue weighted by molar-refractivity contribution is 5.59. The summed E-state index contributed by atoms with van der Waals surface area (Å²) in [6.07, 6.45) is 4.11. The molecule has 0 saturated heterocycles. The molecule has 1 aliphatic carbocycles. The minimum absolute atomic E-state index is 0.0661. The van der Waals surface area contributed by atoms with Crippen LogP contribution in [0.1, 0.15) is 69.2 Å². The standard InChI is InChI=1S/C22H28O2/c1-5-6-7-17-19(24)13-12-18-20(17)22(4,14-21(18,2)3)15-8-10-16(23)11-9-15/h8-13,23-24H,5-7,14H2,1-4H3. The first-order chi connectivity index (χ1) is 11.3. The Balaban J connectivity index is 2.23. The molecule has 0 aliphatic heterocycles. The van der Waals surface area contributed by atoms with E-state index in [2.05, 4.69) is 33.8 Å². The Bertz CT molecular complexity index is 743. The number of hydrogen-bond donors (Lipinski definition) is 2. The van der Waals surface area contributed by atoms with Crippen LogP contribution in [0.4, 0.5) is 0 Å². The van der Waals surface area contributed by atoms with Gasteiger partial charge in [-0.3, -0.25) is 0 Å². The summed E-state index contributed by atoms with van der Waals surface area (Å²) in [5, 5.41) is 20.2. The highest BCUT2D eigenvalue weighted by Crippen LogP contribution is 2.55. The van der Waals surface area contributed by atoms with Crippen LogP contribution >= 0.6 is 0 Å². The van der Waals surface area contributed by atoms with Crippen LogP contribution < -0.4 is 0 Å². The third kappa shape index (κ3) is 2.58. The molecule has 0 bridgehead atoms. The second-order valence-corrected chi connectivity index (χ2v) is 8.03. The SMILES string of the molecule is CCCCc1c(O)ccc2c1C(C)(c1ccc(O)cc1)CC2(C)C. The van der Waals surface area contributed by atoms with Gasteiger partial charge in [-0.25, -0.2) is 0 Å². The molecule has 0 fully saturated rings. The van der Waals surface area contributed by atoms with E-state index in [9.17, 15) is 10.2 Å². The Morgan fingerprint density at radius 3 is 2.25 bits per heavy atom. The van der Waals surface area contributed by atoms with Crippen molar-refractivity contribution in [2.45, 2.75) is 64.2 Å². The molecule has 0 amide bonds. The Labute approximate surface area is 145 Å². The van der Waals surface area contributed by atoms with Gasteiger partial charge in [0.1, 0.15) is 11.5 Å². The first-order valence-corrected chi connectivity index (χ1v) is 8.95. The van der Waals surface area contributed by atoms with Gasteiger partial charge in [0.25, 0.3) is 0 Å². The van der Waals surface area contributed by atoms with Crippen molar-refractivity contribution in [3.05, 3.63) is 58.7 Å². The number of rotatable bonds is 4. The first-order valence-electron chi connectivity index (χ1n) is 8.95.